The lowest BCUT2D eigenvalue weighted by atomic mass is 9.91. The van der Waals surface area contributed by atoms with Crippen molar-refractivity contribution in [2.45, 2.75) is 42.3 Å². The number of nitrogens with zero attached hydrogens (tertiary/aromatic N) is 3. The Balaban J connectivity index is 1.35. The molecular weight excluding hydrogens is 544 g/mol. The van der Waals surface area contributed by atoms with E-state index in [4.69, 9.17) is 28.2 Å². The molecule has 0 spiro atoms. The molecule has 4 aromatic rings. The molecule has 2 fully saturated rings. The molecule has 39 heavy (non-hydrogen) atoms. The lowest BCUT2D eigenvalue weighted by molar-refractivity contribution is 0.357. The Hall–Kier alpha value is -3.00. The van der Waals surface area contributed by atoms with Gasteiger partial charge in [0.05, 0.1) is 22.4 Å². The quantitative estimate of drug-likeness (QED) is 0.233. The molecule has 0 amide bonds. The van der Waals surface area contributed by atoms with Crippen molar-refractivity contribution in [3.05, 3.63) is 102 Å². The maximum Gasteiger partial charge on any atom is 0.174 e. The first kappa shape index (κ1) is 26.2. The van der Waals surface area contributed by atoms with E-state index >= 15 is 0 Å². The number of halogens is 1. The Labute approximate surface area is 244 Å². The van der Waals surface area contributed by atoms with E-state index in [1.54, 1.807) is 11.8 Å². The summed E-state index contributed by atoms with van der Waals surface area (Å²) in [4.78, 5) is 10.3. The minimum absolute atomic E-state index is 0.179. The molecule has 5 nitrogen and oxygen atoms in total. The Bertz CT molecular complexity index is 1440. The van der Waals surface area contributed by atoms with Gasteiger partial charge < -0.3 is 19.5 Å². The van der Waals surface area contributed by atoms with Crippen molar-refractivity contribution in [1.82, 2.24) is 10.3 Å². The Morgan fingerprint density at radius 1 is 0.974 bits per heavy atom. The van der Waals surface area contributed by atoms with Crippen molar-refractivity contribution in [2.75, 3.05) is 22.9 Å². The van der Waals surface area contributed by atoms with Crippen molar-refractivity contribution in [2.24, 2.45) is 11.8 Å². The summed E-state index contributed by atoms with van der Waals surface area (Å²) in [6.07, 6.45) is 3.06. The molecule has 2 saturated heterocycles. The number of hydrogen-bond acceptors (Lipinski definition) is 5. The molecule has 1 N–H and O–H groups in total. The summed E-state index contributed by atoms with van der Waals surface area (Å²) in [7, 11) is 0. The zero-order valence-electron chi connectivity index (χ0n) is 22.0. The van der Waals surface area contributed by atoms with Crippen LogP contribution in [0.2, 0.25) is 5.02 Å². The normalized spacial score (nSPS) is 23.2. The fourth-order valence-corrected chi connectivity index (χ4v) is 7.28. The second kappa shape index (κ2) is 11.2. The molecule has 2 aliphatic heterocycles. The highest BCUT2D eigenvalue weighted by Gasteiger charge is 2.43. The van der Waals surface area contributed by atoms with Gasteiger partial charge in [-0.15, -0.1) is 0 Å². The van der Waals surface area contributed by atoms with Crippen LogP contribution in [0.1, 0.15) is 43.8 Å². The summed E-state index contributed by atoms with van der Waals surface area (Å²) in [5.74, 6) is 2.10. The van der Waals surface area contributed by atoms with E-state index in [2.05, 4.69) is 58.2 Å². The Morgan fingerprint density at radius 2 is 1.74 bits per heavy atom. The van der Waals surface area contributed by atoms with E-state index in [0.717, 1.165) is 50.9 Å². The molecule has 2 aliphatic rings. The summed E-state index contributed by atoms with van der Waals surface area (Å²) < 4.78 is 6.45. The van der Waals surface area contributed by atoms with Crippen molar-refractivity contribution in [3.63, 3.8) is 0 Å². The van der Waals surface area contributed by atoms with Gasteiger partial charge in [-0.3, -0.25) is 4.98 Å². The molecule has 0 bridgehead atoms. The van der Waals surface area contributed by atoms with Gasteiger partial charge >= 0.3 is 0 Å². The first-order valence-corrected chi connectivity index (χ1v) is 14.9. The van der Waals surface area contributed by atoms with Crippen LogP contribution in [0.15, 0.2) is 99.5 Å². The van der Waals surface area contributed by atoms with Crippen molar-refractivity contribution in [3.8, 4) is 0 Å². The summed E-state index contributed by atoms with van der Waals surface area (Å²) in [6.45, 7) is 6.67. The molecule has 0 aliphatic carbocycles. The highest BCUT2D eigenvalue weighted by atomic mass is 35.5. The third kappa shape index (κ3) is 5.53. The van der Waals surface area contributed by atoms with Gasteiger partial charge in [0.1, 0.15) is 11.8 Å². The smallest absolute Gasteiger partial charge is 0.174 e. The predicted octanol–water partition coefficient (Wildman–Crippen LogP) is 8.14. The van der Waals surface area contributed by atoms with Gasteiger partial charge in [-0.25, -0.2) is 0 Å². The van der Waals surface area contributed by atoms with E-state index in [0.29, 0.717) is 16.9 Å². The first-order chi connectivity index (χ1) is 19.0. The average Bonchev–Trinajstić information content (AvgIpc) is 3.53. The lowest BCUT2D eigenvalue weighted by Gasteiger charge is -2.37. The number of piperidine rings is 1. The van der Waals surface area contributed by atoms with E-state index < -0.39 is 0 Å². The highest BCUT2D eigenvalue weighted by molar-refractivity contribution is 7.99. The fourth-order valence-electron chi connectivity index (χ4n) is 5.84. The number of hydrogen-bond donors (Lipinski definition) is 1. The zero-order chi connectivity index (χ0) is 26.9. The van der Waals surface area contributed by atoms with E-state index in [1.807, 2.05) is 60.8 Å². The van der Waals surface area contributed by atoms with Crippen LogP contribution in [0.3, 0.4) is 0 Å². The molecule has 2 aromatic carbocycles. The monoisotopic (exact) mass is 574 g/mol. The lowest BCUT2D eigenvalue weighted by Crippen LogP contribution is -2.38. The number of nitrogens with one attached hydrogen (secondary N) is 1. The Morgan fingerprint density at radius 3 is 2.46 bits per heavy atom. The van der Waals surface area contributed by atoms with Crippen LogP contribution in [-0.4, -0.2) is 23.2 Å². The maximum absolute atomic E-state index is 6.95. The van der Waals surface area contributed by atoms with Crippen LogP contribution < -0.4 is 15.1 Å². The summed E-state index contributed by atoms with van der Waals surface area (Å²) in [6, 6.07) is 26.1. The maximum atomic E-state index is 6.95. The number of rotatable bonds is 6. The van der Waals surface area contributed by atoms with E-state index in [9.17, 15) is 0 Å². The molecule has 0 unspecified atom stereocenters. The van der Waals surface area contributed by atoms with Crippen molar-refractivity contribution >= 4 is 52.1 Å². The van der Waals surface area contributed by atoms with Crippen LogP contribution in [0.5, 0.6) is 0 Å². The van der Waals surface area contributed by atoms with Gasteiger partial charge in [-0.2, -0.15) is 0 Å². The van der Waals surface area contributed by atoms with Gasteiger partial charge in [-0.05, 0) is 85.1 Å². The average molecular weight is 575 g/mol. The second-order valence-corrected chi connectivity index (χ2v) is 12.4. The molecule has 4 heterocycles. The molecular formula is C31H31ClN4OS2. The summed E-state index contributed by atoms with van der Waals surface area (Å²) in [5, 5.41) is 5.69. The molecule has 8 heteroatoms. The second-order valence-electron chi connectivity index (χ2n) is 10.6. The number of benzene rings is 2. The minimum atomic E-state index is -0.227. The number of furan rings is 1. The van der Waals surface area contributed by atoms with Crippen LogP contribution in [0, 0.1) is 11.8 Å². The third-order valence-electron chi connectivity index (χ3n) is 7.37. The predicted molar refractivity (Wildman–Crippen MR) is 164 cm³/mol. The van der Waals surface area contributed by atoms with E-state index in [-0.39, 0.29) is 12.1 Å². The molecule has 2 aromatic heterocycles. The van der Waals surface area contributed by atoms with Crippen molar-refractivity contribution in [1.29, 1.82) is 0 Å². The van der Waals surface area contributed by atoms with Crippen LogP contribution in [-0.2, 0) is 0 Å². The minimum Gasteiger partial charge on any atom is -0.452 e. The molecule has 200 valence electrons. The topological polar surface area (TPSA) is 44.5 Å². The highest BCUT2D eigenvalue weighted by Crippen LogP contribution is 2.45. The van der Waals surface area contributed by atoms with Crippen molar-refractivity contribution < 1.29 is 4.42 Å². The number of anilines is 2. The Kier molecular flexibility index (Phi) is 7.56. The van der Waals surface area contributed by atoms with Gasteiger partial charge in [0.2, 0.25) is 0 Å². The van der Waals surface area contributed by atoms with Crippen LogP contribution >= 0.6 is 35.6 Å². The summed E-state index contributed by atoms with van der Waals surface area (Å²) in [5.41, 5.74) is 2.91. The first-order valence-electron chi connectivity index (χ1n) is 13.3. The van der Waals surface area contributed by atoms with Gasteiger partial charge in [0, 0.05) is 29.9 Å². The largest absolute Gasteiger partial charge is 0.452 e. The van der Waals surface area contributed by atoms with Gasteiger partial charge in [-0.1, -0.05) is 61.5 Å². The summed E-state index contributed by atoms with van der Waals surface area (Å²) >= 11 is 14.5. The third-order valence-corrected chi connectivity index (χ3v) is 8.92. The van der Waals surface area contributed by atoms with Crippen LogP contribution in [0.25, 0.3) is 0 Å². The van der Waals surface area contributed by atoms with Gasteiger partial charge in [0.15, 0.2) is 10.2 Å². The number of aromatic nitrogens is 1. The van der Waals surface area contributed by atoms with E-state index in [1.165, 1.54) is 6.42 Å². The van der Waals surface area contributed by atoms with Crippen LogP contribution in [0.4, 0.5) is 11.4 Å². The fraction of sp³-hybridized carbons (Fsp3) is 0.290. The van der Waals surface area contributed by atoms with Gasteiger partial charge in [0.25, 0.3) is 0 Å². The zero-order valence-corrected chi connectivity index (χ0v) is 24.3. The molecule has 0 saturated carbocycles. The molecule has 6 rings (SSSR count). The number of pyridine rings is 1. The SMILES string of the molecule is C[C@@H]1C[C@H](C)CN(c2ccc(N3C(=S)N[C@@H](c4ccccn4)[C@H]3c3ccc(Sc4ccccc4)o3)cc2Cl)C1. The molecule has 4 atom stereocenters. The standard InChI is InChI=1S/C31H31ClN4OS2/c1-20-16-21(2)19-35(18-20)26-12-11-22(17-24(26)32)36-30(29(34-31(36)38)25-10-6-7-15-33-25)27-13-14-28(37-27)39-23-8-4-3-5-9-23/h3-15,17,20-21,29-30H,16,18-19H2,1-2H3,(H,34,38)/t20-,21+,29-,30+/m0/s1. The molecule has 0 radical (unpaired) electrons. The number of thiocarbonyl (C=S) groups is 1.